The van der Waals surface area contributed by atoms with Crippen LogP contribution in [0, 0.1) is 5.82 Å². The van der Waals surface area contributed by atoms with Gasteiger partial charge >= 0.3 is 0 Å². The van der Waals surface area contributed by atoms with Gasteiger partial charge in [-0.05, 0) is 12.1 Å². The molecular weight excluding hydrogens is 377 g/mol. The van der Waals surface area contributed by atoms with Gasteiger partial charge in [0.15, 0.2) is 11.6 Å². The highest BCUT2D eigenvalue weighted by Gasteiger charge is 2.40. The Bertz CT molecular complexity index is 934. The summed E-state index contributed by atoms with van der Waals surface area (Å²) < 4.78 is 41.1. The van der Waals surface area contributed by atoms with Gasteiger partial charge in [-0.25, -0.2) is 23.1 Å². The number of amides is 1. The molecule has 5 nitrogen and oxygen atoms in total. The largest absolute Gasteiger partial charge is 0.333 e. The van der Waals surface area contributed by atoms with Crippen molar-refractivity contribution >= 4 is 39.9 Å². The number of alkyl halides is 2. The standard InChI is InChI=1S/C15H10ClF3N4OS/c16-6-1-2-7(17)10-9(6)21-14(22-10)15(24)23-4-3-8-12(25-5-20-8)11(23)13(18)19/h1-2,5,11,13H,3-4H2,(H,21,22)/t11-/m1/s1. The van der Waals surface area contributed by atoms with Gasteiger partial charge in [-0.2, -0.15) is 0 Å². The molecule has 0 bridgehead atoms. The number of H-pyrrole nitrogens is 1. The number of halogens is 4. The maximum Gasteiger partial charge on any atom is 0.290 e. The first-order valence-corrected chi connectivity index (χ1v) is 8.58. The molecule has 1 aliphatic heterocycles. The van der Waals surface area contributed by atoms with Crippen molar-refractivity contribution in [3.8, 4) is 0 Å². The van der Waals surface area contributed by atoms with Gasteiger partial charge in [0.05, 0.1) is 26.6 Å². The number of fused-ring (bicyclic) bond motifs is 2. The third-order valence-electron chi connectivity index (χ3n) is 4.11. The molecule has 1 amide bonds. The molecule has 4 rings (SSSR count). The van der Waals surface area contributed by atoms with E-state index in [-0.39, 0.29) is 28.4 Å². The molecule has 1 N–H and O–H groups in total. The number of aromatic amines is 1. The van der Waals surface area contributed by atoms with E-state index in [0.29, 0.717) is 17.0 Å². The number of nitrogens with one attached hydrogen (secondary N) is 1. The number of carbonyl (C=O) groups excluding carboxylic acids is 1. The van der Waals surface area contributed by atoms with Crippen LogP contribution in [0.4, 0.5) is 13.2 Å². The molecule has 2 aromatic heterocycles. The molecule has 0 radical (unpaired) electrons. The molecule has 0 saturated carbocycles. The monoisotopic (exact) mass is 386 g/mol. The number of rotatable bonds is 2. The molecule has 0 unspecified atom stereocenters. The van der Waals surface area contributed by atoms with Gasteiger partial charge in [0.1, 0.15) is 11.6 Å². The summed E-state index contributed by atoms with van der Waals surface area (Å²) in [5, 5.41) is 0.191. The predicted octanol–water partition coefficient (Wildman–Crippen LogP) is 3.82. The van der Waals surface area contributed by atoms with Gasteiger partial charge in [-0.1, -0.05) is 11.6 Å². The summed E-state index contributed by atoms with van der Waals surface area (Å²) in [6.07, 6.45) is -2.39. The molecule has 0 aliphatic carbocycles. The summed E-state index contributed by atoms with van der Waals surface area (Å²) in [5.41, 5.74) is 2.14. The maximum atomic E-state index is 13.9. The number of thiazole rings is 1. The quantitative estimate of drug-likeness (QED) is 0.728. The van der Waals surface area contributed by atoms with E-state index in [2.05, 4.69) is 15.0 Å². The van der Waals surface area contributed by atoms with Crippen LogP contribution in [0.15, 0.2) is 17.6 Å². The van der Waals surface area contributed by atoms with Crippen LogP contribution < -0.4 is 0 Å². The van der Waals surface area contributed by atoms with Crippen LogP contribution in [0.5, 0.6) is 0 Å². The fraction of sp³-hybridized carbons (Fsp3) is 0.267. The summed E-state index contributed by atoms with van der Waals surface area (Å²) in [6, 6.07) is 1.07. The minimum Gasteiger partial charge on any atom is -0.333 e. The second-order valence-corrected chi connectivity index (χ2v) is 6.82. The Hall–Kier alpha value is -2.13. The van der Waals surface area contributed by atoms with E-state index in [1.54, 1.807) is 0 Å². The van der Waals surface area contributed by atoms with Gasteiger partial charge in [0.25, 0.3) is 12.3 Å². The van der Waals surface area contributed by atoms with Gasteiger partial charge in [-0.15, -0.1) is 11.3 Å². The zero-order chi connectivity index (χ0) is 17.7. The first-order valence-electron chi connectivity index (χ1n) is 7.32. The molecule has 1 aromatic carbocycles. The molecule has 10 heteroatoms. The average Bonchev–Trinajstić information content (AvgIpc) is 3.23. The minimum atomic E-state index is -2.77. The Morgan fingerprint density at radius 1 is 1.44 bits per heavy atom. The summed E-state index contributed by atoms with van der Waals surface area (Å²) in [7, 11) is 0. The van der Waals surface area contributed by atoms with Crippen molar-refractivity contribution in [1.82, 2.24) is 19.9 Å². The lowest BCUT2D eigenvalue weighted by Gasteiger charge is -2.33. The van der Waals surface area contributed by atoms with Crippen molar-refractivity contribution in [2.24, 2.45) is 0 Å². The Labute approximate surface area is 148 Å². The van der Waals surface area contributed by atoms with Crippen molar-refractivity contribution in [2.75, 3.05) is 6.54 Å². The maximum absolute atomic E-state index is 13.9. The van der Waals surface area contributed by atoms with E-state index >= 15 is 0 Å². The Morgan fingerprint density at radius 3 is 2.96 bits per heavy atom. The number of benzene rings is 1. The first-order chi connectivity index (χ1) is 12.0. The Balaban J connectivity index is 1.76. The number of imidazole rings is 1. The van der Waals surface area contributed by atoms with Crippen LogP contribution in [0.25, 0.3) is 11.0 Å². The molecule has 0 fully saturated rings. The summed E-state index contributed by atoms with van der Waals surface area (Å²) in [4.78, 5) is 24.8. The molecule has 0 spiro atoms. The van der Waals surface area contributed by atoms with E-state index in [1.165, 1.54) is 11.6 Å². The smallest absolute Gasteiger partial charge is 0.290 e. The molecular formula is C15H10ClF3N4OS. The fourth-order valence-electron chi connectivity index (χ4n) is 2.96. The summed E-state index contributed by atoms with van der Waals surface area (Å²) in [6.45, 7) is 0.0812. The topological polar surface area (TPSA) is 61.9 Å². The lowest BCUT2D eigenvalue weighted by molar-refractivity contribution is 0.0170. The van der Waals surface area contributed by atoms with Gasteiger partial charge in [0, 0.05) is 13.0 Å². The van der Waals surface area contributed by atoms with Crippen LogP contribution in [-0.2, 0) is 6.42 Å². The molecule has 0 saturated heterocycles. The van der Waals surface area contributed by atoms with E-state index < -0.39 is 24.2 Å². The second kappa shape index (κ2) is 5.99. The Kier molecular flexibility index (Phi) is 3.92. The van der Waals surface area contributed by atoms with Gasteiger partial charge in [-0.3, -0.25) is 4.79 Å². The lowest BCUT2D eigenvalue weighted by atomic mass is 10.1. The summed E-state index contributed by atoms with van der Waals surface area (Å²) in [5.74, 6) is -1.60. The number of aromatic nitrogens is 3. The number of nitrogens with zero attached hydrogens (tertiary/aromatic N) is 3. The molecule has 1 atom stereocenters. The van der Waals surface area contributed by atoms with E-state index in [4.69, 9.17) is 11.6 Å². The van der Waals surface area contributed by atoms with Crippen LogP contribution in [0.3, 0.4) is 0 Å². The van der Waals surface area contributed by atoms with E-state index in [9.17, 15) is 18.0 Å². The van der Waals surface area contributed by atoms with Crippen LogP contribution in [0.1, 0.15) is 27.2 Å². The molecule has 130 valence electrons. The highest BCUT2D eigenvalue weighted by molar-refractivity contribution is 7.09. The minimum absolute atomic E-state index is 0.0812. The molecule has 1 aliphatic rings. The van der Waals surface area contributed by atoms with E-state index in [1.807, 2.05) is 0 Å². The zero-order valence-electron chi connectivity index (χ0n) is 12.5. The zero-order valence-corrected chi connectivity index (χ0v) is 14.0. The normalized spacial score (nSPS) is 17.3. The first kappa shape index (κ1) is 16.3. The van der Waals surface area contributed by atoms with Crippen molar-refractivity contribution in [1.29, 1.82) is 0 Å². The highest BCUT2D eigenvalue weighted by atomic mass is 35.5. The third-order valence-corrected chi connectivity index (χ3v) is 5.37. The number of hydrogen-bond acceptors (Lipinski definition) is 4. The van der Waals surface area contributed by atoms with E-state index in [0.717, 1.165) is 22.3 Å². The fourth-order valence-corrected chi connectivity index (χ4v) is 4.11. The van der Waals surface area contributed by atoms with Crippen LogP contribution in [-0.4, -0.2) is 38.7 Å². The second-order valence-electron chi connectivity index (χ2n) is 5.53. The summed E-state index contributed by atoms with van der Waals surface area (Å²) >= 11 is 7.07. The van der Waals surface area contributed by atoms with Crippen molar-refractivity contribution in [3.63, 3.8) is 0 Å². The third kappa shape index (κ3) is 2.58. The highest BCUT2D eigenvalue weighted by Crippen LogP contribution is 2.37. The lowest BCUT2D eigenvalue weighted by Crippen LogP contribution is -2.43. The molecule has 25 heavy (non-hydrogen) atoms. The van der Waals surface area contributed by atoms with Crippen LogP contribution >= 0.6 is 22.9 Å². The van der Waals surface area contributed by atoms with Crippen molar-refractivity contribution in [3.05, 3.63) is 44.9 Å². The Morgan fingerprint density at radius 2 is 2.24 bits per heavy atom. The molecule has 3 aromatic rings. The van der Waals surface area contributed by atoms with Gasteiger partial charge in [0.2, 0.25) is 0 Å². The number of hydrogen-bond donors (Lipinski definition) is 1. The average molecular weight is 387 g/mol. The van der Waals surface area contributed by atoms with Crippen molar-refractivity contribution in [2.45, 2.75) is 18.9 Å². The van der Waals surface area contributed by atoms with Gasteiger partial charge < -0.3 is 9.88 Å². The van der Waals surface area contributed by atoms with Crippen LogP contribution in [0.2, 0.25) is 5.02 Å². The SMILES string of the molecule is O=C(c1nc2c(F)ccc(Cl)c2[nH]1)N1CCc2ncsc2[C@@H]1C(F)F. The van der Waals surface area contributed by atoms with Crippen molar-refractivity contribution < 1.29 is 18.0 Å². The number of carbonyl (C=O) groups is 1. The predicted molar refractivity (Wildman–Crippen MR) is 86.7 cm³/mol. The molecule has 3 heterocycles.